The number of benzene rings is 3. The molecule has 3 aromatic carbocycles. The first kappa shape index (κ1) is 33.9. The van der Waals surface area contributed by atoms with Crippen molar-refractivity contribution in [1.29, 1.82) is 0 Å². The fourth-order valence-electron chi connectivity index (χ4n) is 4.18. The second kappa shape index (κ2) is 14.4. The van der Waals surface area contributed by atoms with Crippen molar-refractivity contribution in [2.75, 3.05) is 23.7 Å². The number of imide groups is 1. The van der Waals surface area contributed by atoms with Gasteiger partial charge in [0.15, 0.2) is 0 Å². The summed E-state index contributed by atoms with van der Waals surface area (Å²) in [6.07, 6.45) is -1.04. The van der Waals surface area contributed by atoms with E-state index in [4.69, 9.17) is 4.74 Å². The molecule has 4 rings (SSSR count). The summed E-state index contributed by atoms with van der Waals surface area (Å²) >= 11 is 0. The number of phenols is 1. The number of esters is 3. The number of rotatable bonds is 12. The van der Waals surface area contributed by atoms with Crippen LogP contribution in [0.1, 0.15) is 27.1 Å². The summed E-state index contributed by atoms with van der Waals surface area (Å²) in [6.45, 7) is -1.14. The minimum atomic E-state index is -4.81. The predicted molar refractivity (Wildman–Crippen MR) is 158 cm³/mol. The van der Waals surface area contributed by atoms with Gasteiger partial charge in [0, 0.05) is 36.5 Å². The largest absolute Gasteiger partial charge is 0.506 e. The number of halogens is 1. The number of ether oxygens (including phenoxy) is 2. The molecule has 3 amide bonds. The maximum Gasteiger partial charge on any atom is 0.355 e. The summed E-state index contributed by atoms with van der Waals surface area (Å²) < 4.78 is 55.0. The highest BCUT2D eigenvalue weighted by Gasteiger charge is 2.37. The Balaban J connectivity index is 1.42. The first-order chi connectivity index (χ1) is 22.2. The minimum Gasteiger partial charge on any atom is -0.506 e. The Labute approximate surface area is 265 Å². The molecule has 3 aromatic rings. The molecule has 1 heterocycles. The van der Waals surface area contributed by atoms with Crippen molar-refractivity contribution in [1.82, 2.24) is 4.90 Å². The zero-order valence-corrected chi connectivity index (χ0v) is 24.7. The van der Waals surface area contributed by atoms with Crippen LogP contribution in [0.2, 0.25) is 0 Å². The van der Waals surface area contributed by atoms with E-state index in [2.05, 4.69) is 15.4 Å². The highest BCUT2D eigenvalue weighted by molar-refractivity contribution is 7.86. The highest BCUT2D eigenvalue weighted by Crippen LogP contribution is 2.26. The number of hydrogen-bond donors (Lipinski definition) is 4. The number of carbonyl (C=O) groups excluding carboxylic acids is 6. The monoisotopic (exact) mass is 669 g/mol. The average molecular weight is 670 g/mol. The van der Waals surface area contributed by atoms with Gasteiger partial charge >= 0.3 is 17.9 Å². The molecule has 0 aromatic heterocycles. The molecule has 0 aliphatic carbocycles. The summed E-state index contributed by atoms with van der Waals surface area (Å²) in [5.74, 6) is -7.36. The van der Waals surface area contributed by atoms with Crippen molar-refractivity contribution in [2.24, 2.45) is 0 Å². The quantitative estimate of drug-likeness (QED) is 0.0542. The van der Waals surface area contributed by atoms with E-state index in [9.17, 15) is 51.2 Å². The zero-order valence-electron chi connectivity index (χ0n) is 23.9. The molecule has 17 heteroatoms. The Bertz CT molecular complexity index is 1860. The number of aromatic hydroxyl groups is 1. The minimum absolute atomic E-state index is 0.0586. The average Bonchev–Trinajstić information content (AvgIpc) is 3.27. The van der Waals surface area contributed by atoms with Crippen molar-refractivity contribution in [3.8, 4) is 5.75 Å². The van der Waals surface area contributed by atoms with Crippen molar-refractivity contribution >= 4 is 57.1 Å². The molecule has 47 heavy (non-hydrogen) atoms. The van der Waals surface area contributed by atoms with E-state index in [0.717, 1.165) is 35.2 Å². The van der Waals surface area contributed by atoms with Crippen molar-refractivity contribution < 1.29 is 60.7 Å². The van der Waals surface area contributed by atoms with E-state index in [1.165, 1.54) is 30.3 Å². The highest BCUT2D eigenvalue weighted by atomic mass is 32.2. The Hall–Kier alpha value is -5.94. The van der Waals surface area contributed by atoms with Crippen LogP contribution in [0, 0.1) is 5.82 Å². The lowest BCUT2D eigenvalue weighted by molar-refractivity contribution is -0.172. The van der Waals surface area contributed by atoms with Crippen LogP contribution in [0.25, 0.3) is 0 Å². The van der Waals surface area contributed by atoms with Crippen LogP contribution in [-0.2, 0) is 38.8 Å². The number of nitrogens with one attached hydrogen (secondary N) is 2. The van der Waals surface area contributed by atoms with Gasteiger partial charge in [-0.2, -0.15) is 8.42 Å². The van der Waals surface area contributed by atoms with Gasteiger partial charge in [-0.3, -0.25) is 28.6 Å². The predicted octanol–water partition coefficient (Wildman–Crippen LogP) is 2.05. The van der Waals surface area contributed by atoms with Gasteiger partial charge in [-0.15, -0.1) is 0 Å². The van der Waals surface area contributed by atoms with Gasteiger partial charge < -0.3 is 25.2 Å². The third kappa shape index (κ3) is 8.83. The maximum absolute atomic E-state index is 13.0. The summed E-state index contributed by atoms with van der Waals surface area (Å²) in [7, 11) is -4.81. The summed E-state index contributed by atoms with van der Waals surface area (Å²) in [4.78, 5) is 75.3. The third-order valence-electron chi connectivity index (χ3n) is 6.39. The number of fused-ring (bicyclic) bond motifs is 1. The molecule has 0 saturated carbocycles. The lowest BCUT2D eigenvalue weighted by Crippen LogP contribution is -2.38. The topological polar surface area (TPSA) is 223 Å². The SMILES string of the molecule is O=C(/C=C\C(=O)OC(=O)C(CCN1C(=O)c2ccccc2C1=O)OC(=O)CNc1ccc(O)c(S(=O)(=O)O)c1)Nc1ccc(F)cc1. The number of amides is 3. The van der Waals surface area contributed by atoms with Crippen molar-refractivity contribution in [3.63, 3.8) is 0 Å². The molecule has 4 N–H and O–H groups in total. The number of nitrogens with zero attached hydrogens (tertiary/aromatic N) is 1. The van der Waals surface area contributed by atoms with Crippen LogP contribution in [0.15, 0.2) is 83.8 Å². The van der Waals surface area contributed by atoms with Crippen LogP contribution in [-0.4, -0.2) is 77.8 Å². The normalized spacial score (nSPS) is 13.2. The summed E-state index contributed by atoms with van der Waals surface area (Å²) in [5.41, 5.74) is 0.392. The van der Waals surface area contributed by atoms with Crippen molar-refractivity contribution in [3.05, 3.63) is 95.8 Å². The molecule has 0 bridgehead atoms. The molecule has 15 nitrogen and oxygen atoms in total. The van der Waals surface area contributed by atoms with E-state index in [1.807, 2.05) is 0 Å². The first-order valence-corrected chi connectivity index (χ1v) is 14.9. The fourth-order valence-corrected chi connectivity index (χ4v) is 4.79. The van der Waals surface area contributed by atoms with E-state index < -0.39 is 87.8 Å². The fraction of sp³-hybridized carbons (Fsp3) is 0.133. The van der Waals surface area contributed by atoms with Crippen LogP contribution in [0.4, 0.5) is 15.8 Å². The van der Waals surface area contributed by atoms with Gasteiger partial charge in [-0.05, 0) is 54.6 Å². The second-order valence-corrected chi connectivity index (χ2v) is 11.0. The Kier molecular flexibility index (Phi) is 10.4. The second-order valence-electron chi connectivity index (χ2n) is 9.66. The number of phenolic OH excluding ortho intramolecular Hbond substituents is 1. The van der Waals surface area contributed by atoms with Crippen LogP contribution < -0.4 is 10.6 Å². The van der Waals surface area contributed by atoms with Crippen LogP contribution >= 0.6 is 0 Å². The number of anilines is 2. The van der Waals surface area contributed by atoms with E-state index in [0.29, 0.717) is 6.08 Å². The van der Waals surface area contributed by atoms with Gasteiger partial charge in [0.1, 0.15) is 23.0 Å². The van der Waals surface area contributed by atoms with Crippen LogP contribution in [0.3, 0.4) is 0 Å². The molecule has 1 unspecified atom stereocenters. The van der Waals surface area contributed by atoms with E-state index >= 15 is 0 Å². The molecule has 1 aliphatic rings. The Morgan fingerprint density at radius 2 is 1.53 bits per heavy atom. The van der Waals surface area contributed by atoms with Gasteiger partial charge in [0.05, 0.1) is 11.1 Å². The summed E-state index contributed by atoms with van der Waals surface area (Å²) in [5, 5.41) is 14.5. The van der Waals surface area contributed by atoms with Gasteiger partial charge in [0.25, 0.3) is 21.9 Å². The van der Waals surface area contributed by atoms with Crippen molar-refractivity contribution in [2.45, 2.75) is 17.4 Å². The lowest BCUT2D eigenvalue weighted by Gasteiger charge is -2.19. The van der Waals surface area contributed by atoms with E-state index in [1.54, 1.807) is 12.1 Å². The molecule has 1 atom stereocenters. The van der Waals surface area contributed by atoms with Gasteiger partial charge in [-0.1, -0.05) is 12.1 Å². The molecule has 244 valence electrons. The molecule has 0 saturated heterocycles. The molecule has 0 fully saturated rings. The van der Waals surface area contributed by atoms with Gasteiger partial charge in [-0.25, -0.2) is 14.0 Å². The third-order valence-corrected chi connectivity index (χ3v) is 7.27. The smallest absolute Gasteiger partial charge is 0.355 e. The zero-order chi connectivity index (χ0) is 34.3. The standard InChI is InChI=1S/C30H24FN3O12S/c31-17-5-7-18(8-6-17)33-25(36)11-12-26(37)46-30(41)23(13-14-34-28(39)20-3-1-2-4-21(20)29(34)40)45-27(38)16-32-19-9-10-22(35)24(15-19)47(42,43)44/h1-12,15,23,32,35H,13-14,16H2,(H,33,36)(H,42,43,44)/b12-11-. The molecule has 1 aliphatic heterocycles. The number of carbonyl (C=O) groups is 6. The van der Waals surface area contributed by atoms with Gasteiger partial charge in [0.2, 0.25) is 12.0 Å². The lowest BCUT2D eigenvalue weighted by atomic mass is 10.1. The summed E-state index contributed by atoms with van der Waals surface area (Å²) in [6, 6.07) is 13.6. The maximum atomic E-state index is 13.0. The first-order valence-electron chi connectivity index (χ1n) is 13.4. The Morgan fingerprint density at radius 3 is 2.15 bits per heavy atom. The van der Waals surface area contributed by atoms with Crippen LogP contribution in [0.5, 0.6) is 5.75 Å². The molecular formula is C30H24FN3O12S. The molecule has 0 radical (unpaired) electrons. The number of hydrogen-bond acceptors (Lipinski definition) is 12. The Morgan fingerprint density at radius 1 is 0.915 bits per heavy atom. The molecular weight excluding hydrogens is 645 g/mol. The molecule has 0 spiro atoms. The van der Waals surface area contributed by atoms with E-state index in [-0.39, 0.29) is 22.5 Å².